The quantitative estimate of drug-likeness (QED) is 0.499. The van der Waals surface area contributed by atoms with Crippen LogP contribution in [0.3, 0.4) is 0 Å². The van der Waals surface area contributed by atoms with E-state index in [1.165, 1.54) is 0 Å². The fraction of sp³-hybridized carbons (Fsp3) is 1.00. The van der Waals surface area contributed by atoms with Crippen molar-refractivity contribution in [3.05, 3.63) is 0 Å². The lowest BCUT2D eigenvalue weighted by Gasteiger charge is -2.24. The van der Waals surface area contributed by atoms with E-state index in [1.54, 1.807) is 0 Å². The van der Waals surface area contributed by atoms with E-state index in [2.05, 4.69) is 0 Å². The van der Waals surface area contributed by atoms with Crippen LogP contribution in [0.15, 0.2) is 0 Å². The molecule has 1 aliphatic rings. The third kappa shape index (κ3) is 1.32. The van der Waals surface area contributed by atoms with Crippen LogP contribution < -0.4 is 0 Å². The van der Waals surface area contributed by atoms with Gasteiger partial charge in [0.1, 0.15) is 0 Å². The maximum Gasteiger partial charge on any atom is 0.0516 e. The molecule has 0 N–H and O–H groups in total. The first kappa shape index (κ1) is 5.39. The monoisotopic (exact) mass is 120 g/mol. The second kappa shape index (κ2) is 2.53. The van der Waals surface area contributed by atoms with E-state index in [-0.39, 0.29) is 0 Å². The summed E-state index contributed by atoms with van der Waals surface area (Å²) in [7, 11) is 0. The second-order valence-corrected chi connectivity index (χ2v) is 2.26. The third-order valence-corrected chi connectivity index (χ3v) is 1.44. The SMILES string of the molecule is ClCCC1COC1. The smallest absolute Gasteiger partial charge is 0.0516 e. The first-order chi connectivity index (χ1) is 3.43. The molecule has 0 aliphatic carbocycles. The summed E-state index contributed by atoms with van der Waals surface area (Å²) in [5, 5.41) is 0. The van der Waals surface area contributed by atoms with Crippen molar-refractivity contribution in [2.24, 2.45) is 5.92 Å². The van der Waals surface area contributed by atoms with Crippen LogP contribution in [0.25, 0.3) is 0 Å². The number of hydrogen-bond acceptors (Lipinski definition) is 1. The van der Waals surface area contributed by atoms with Crippen LogP contribution in [0, 0.1) is 5.92 Å². The molecule has 0 aromatic heterocycles. The van der Waals surface area contributed by atoms with Gasteiger partial charge in [-0.2, -0.15) is 0 Å². The molecule has 0 aromatic rings. The van der Waals surface area contributed by atoms with Gasteiger partial charge < -0.3 is 4.74 Å². The average molecular weight is 121 g/mol. The Labute approximate surface area is 48.6 Å². The molecule has 7 heavy (non-hydrogen) atoms. The van der Waals surface area contributed by atoms with E-state index in [1.807, 2.05) is 0 Å². The number of alkyl halides is 1. The Bertz CT molecular complexity index is 52.0. The Kier molecular flexibility index (Phi) is 1.95. The maximum absolute atomic E-state index is 5.45. The third-order valence-electron chi connectivity index (χ3n) is 1.22. The number of rotatable bonds is 2. The molecule has 1 nitrogen and oxygen atoms in total. The molecule has 2 heteroatoms. The zero-order chi connectivity index (χ0) is 5.11. The first-order valence-electron chi connectivity index (χ1n) is 2.57. The van der Waals surface area contributed by atoms with Crippen molar-refractivity contribution in [3.8, 4) is 0 Å². The topological polar surface area (TPSA) is 9.23 Å². The summed E-state index contributed by atoms with van der Waals surface area (Å²) in [6.45, 7) is 1.87. The Morgan fingerprint density at radius 2 is 2.29 bits per heavy atom. The molecule has 0 amide bonds. The molecular weight excluding hydrogens is 112 g/mol. The van der Waals surface area contributed by atoms with Gasteiger partial charge in [0, 0.05) is 11.8 Å². The summed E-state index contributed by atoms with van der Waals surface area (Å²) in [4.78, 5) is 0. The molecule has 1 heterocycles. The fourth-order valence-corrected chi connectivity index (χ4v) is 0.914. The van der Waals surface area contributed by atoms with E-state index < -0.39 is 0 Å². The summed E-state index contributed by atoms with van der Waals surface area (Å²) in [6, 6.07) is 0. The van der Waals surface area contributed by atoms with Crippen molar-refractivity contribution in [1.29, 1.82) is 0 Å². The lowest BCUT2D eigenvalue weighted by molar-refractivity contribution is -0.0327. The average Bonchev–Trinajstić information content (AvgIpc) is 1.55. The standard InChI is InChI=1S/C5H9ClO/c6-2-1-5-3-7-4-5/h5H,1-4H2. The van der Waals surface area contributed by atoms with Crippen LogP contribution >= 0.6 is 11.6 Å². The van der Waals surface area contributed by atoms with Crippen molar-refractivity contribution < 1.29 is 4.74 Å². The van der Waals surface area contributed by atoms with E-state index in [0.29, 0.717) is 0 Å². The van der Waals surface area contributed by atoms with Crippen LogP contribution in [0.4, 0.5) is 0 Å². The minimum absolute atomic E-state index is 0.775. The Morgan fingerprint density at radius 1 is 1.57 bits per heavy atom. The summed E-state index contributed by atoms with van der Waals surface area (Å²) in [5.41, 5.74) is 0. The van der Waals surface area contributed by atoms with E-state index in [0.717, 1.165) is 31.4 Å². The van der Waals surface area contributed by atoms with E-state index in [4.69, 9.17) is 16.3 Å². The zero-order valence-corrected chi connectivity index (χ0v) is 4.95. The minimum Gasteiger partial charge on any atom is -0.381 e. The molecule has 0 unspecified atom stereocenters. The van der Waals surface area contributed by atoms with Gasteiger partial charge >= 0.3 is 0 Å². The number of hydrogen-bond donors (Lipinski definition) is 0. The molecule has 1 fully saturated rings. The highest BCUT2D eigenvalue weighted by atomic mass is 35.5. The second-order valence-electron chi connectivity index (χ2n) is 1.88. The normalized spacial score (nSPS) is 21.9. The van der Waals surface area contributed by atoms with Gasteiger partial charge in [0.15, 0.2) is 0 Å². The maximum atomic E-state index is 5.45. The minimum atomic E-state index is 0.775. The summed E-state index contributed by atoms with van der Waals surface area (Å²) < 4.78 is 4.93. The largest absolute Gasteiger partial charge is 0.381 e. The Morgan fingerprint density at radius 3 is 2.43 bits per heavy atom. The van der Waals surface area contributed by atoms with Gasteiger partial charge in [-0.05, 0) is 6.42 Å². The van der Waals surface area contributed by atoms with Crippen molar-refractivity contribution >= 4 is 11.6 Å². The Hall–Kier alpha value is 0.250. The van der Waals surface area contributed by atoms with Gasteiger partial charge in [-0.25, -0.2) is 0 Å². The predicted molar refractivity (Wildman–Crippen MR) is 29.6 cm³/mol. The van der Waals surface area contributed by atoms with Crippen molar-refractivity contribution in [2.45, 2.75) is 6.42 Å². The first-order valence-corrected chi connectivity index (χ1v) is 3.10. The van der Waals surface area contributed by atoms with Crippen molar-refractivity contribution in [2.75, 3.05) is 19.1 Å². The highest BCUT2D eigenvalue weighted by Gasteiger charge is 2.16. The summed E-state index contributed by atoms with van der Waals surface area (Å²) in [6.07, 6.45) is 1.13. The molecule has 1 aliphatic heterocycles. The molecule has 0 atom stereocenters. The van der Waals surface area contributed by atoms with Crippen LogP contribution in [0.2, 0.25) is 0 Å². The Balaban J connectivity index is 1.93. The summed E-state index contributed by atoms with van der Waals surface area (Å²) >= 11 is 5.45. The molecule has 1 saturated heterocycles. The molecule has 0 bridgehead atoms. The summed E-state index contributed by atoms with van der Waals surface area (Å²) in [5.74, 6) is 1.56. The molecule has 0 radical (unpaired) electrons. The molecular formula is C5H9ClO. The fourth-order valence-electron chi connectivity index (χ4n) is 0.605. The predicted octanol–water partition coefficient (Wildman–Crippen LogP) is 1.26. The van der Waals surface area contributed by atoms with Gasteiger partial charge in [0.05, 0.1) is 13.2 Å². The lowest BCUT2D eigenvalue weighted by Crippen LogP contribution is -2.27. The van der Waals surface area contributed by atoms with Crippen LogP contribution in [0.1, 0.15) is 6.42 Å². The molecule has 0 aromatic carbocycles. The molecule has 0 spiro atoms. The van der Waals surface area contributed by atoms with Gasteiger partial charge in [-0.15, -0.1) is 11.6 Å². The highest BCUT2D eigenvalue weighted by molar-refractivity contribution is 6.17. The zero-order valence-electron chi connectivity index (χ0n) is 4.19. The lowest BCUT2D eigenvalue weighted by atomic mass is 10.1. The van der Waals surface area contributed by atoms with Crippen molar-refractivity contribution in [3.63, 3.8) is 0 Å². The molecule has 1 rings (SSSR count). The van der Waals surface area contributed by atoms with E-state index in [9.17, 15) is 0 Å². The van der Waals surface area contributed by atoms with Gasteiger partial charge in [-0.1, -0.05) is 0 Å². The van der Waals surface area contributed by atoms with E-state index >= 15 is 0 Å². The highest BCUT2D eigenvalue weighted by Crippen LogP contribution is 2.13. The number of halogens is 1. The van der Waals surface area contributed by atoms with Crippen LogP contribution in [0.5, 0.6) is 0 Å². The van der Waals surface area contributed by atoms with Gasteiger partial charge in [0.25, 0.3) is 0 Å². The van der Waals surface area contributed by atoms with Gasteiger partial charge in [-0.3, -0.25) is 0 Å². The van der Waals surface area contributed by atoms with Crippen molar-refractivity contribution in [1.82, 2.24) is 0 Å². The van der Waals surface area contributed by atoms with Crippen LogP contribution in [-0.2, 0) is 4.74 Å². The van der Waals surface area contributed by atoms with Crippen LogP contribution in [-0.4, -0.2) is 19.1 Å². The number of ether oxygens (including phenoxy) is 1. The molecule has 0 saturated carbocycles. The molecule has 42 valence electrons. The van der Waals surface area contributed by atoms with Gasteiger partial charge in [0.2, 0.25) is 0 Å².